The number of ether oxygens (including phenoxy) is 4. The number of imidazole rings is 1. The zero-order chi connectivity index (χ0) is 22.2. The molecule has 0 bridgehead atoms. The molecule has 4 heterocycles. The van der Waals surface area contributed by atoms with Crippen LogP contribution in [0.4, 0.5) is 0 Å². The van der Waals surface area contributed by atoms with Gasteiger partial charge in [-0.25, -0.2) is 9.67 Å². The average Bonchev–Trinajstić information content (AvgIpc) is 3.40. The number of aryl methyl sites for hydroxylation is 1. The van der Waals surface area contributed by atoms with Crippen LogP contribution < -0.4 is 5.32 Å². The summed E-state index contributed by atoms with van der Waals surface area (Å²) in [5, 5.41) is 11.4. The molecule has 168 valence electrons. The third-order valence-corrected chi connectivity index (χ3v) is 5.22. The minimum Gasteiger partial charge on any atom is -0.346 e. The topological polar surface area (TPSA) is 115 Å². The normalized spacial score (nSPS) is 29.5. The van der Waals surface area contributed by atoms with Crippen molar-refractivity contribution in [3.8, 4) is 11.4 Å². The first-order valence-corrected chi connectivity index (χ1v) is 10.1. The summed E-state index contributed by atoms with van der Waals surface area (Å²) in [6.07, 6.45) is 4.85. The standard InChI is InChI=1S/C20H28N6O5/c1-6-7-28-19-16(22-12(2)27)18-17(30-20(3,4)31-18)15(29-19)10-26-9-13(23-24-26)14-8-21-11-25(14)5/h6,8-9,11,15-19H,1,7,10H2,2-5H3,(H,22,27)/t15-,16-,17+,18-,19+/m1/s1. The lowest BCUT2D eigenvalue weighted by Gasteiger charge is -2.42. The predicted octanol–water partition coefficient (Wildman–Crippen LogP) is 0.631. The third-order valence-electron chi connectivity index (χ3n) is 5.22. The van der Waals surface area contributed by atoms with Crippen molar-refractivity contribution in [2.24, 2.45) is 7.05 Å². The molecule has 11 heteroatoms. The molecule has 2 aliphatic rings. The van der Waals surface area contributed by atoms with Crippen molar-refractivity contribution < 1.29 is 23.7 Å². The van der Waals surface area contributed by atoms with Gasteiger partial charge in [-0.2, -0.15) is 0 Å². The lowest BCUT2D eigenvalue weighted by molar-refractivity contribution is -0.244. The fraction of sp³-hybridized carbons (Fsp3) is 0.600. The highest BCUT2D eigenvalue weighted by Crippen LogP contribution is 2.38. The van der Waals surface area contributed by atoms with Gasteiger partial charge in [-0.15, -0.1) is 11.7 Å². The summed E-state index contributed by atoms with van der Waals surface area (Å²) in [7, 11) is 1.89. The van der Waals surface area contributed by atoms with Crippen LogP contribution in [0.3, 0.4) is 0 Å². The van der Waals surface area contributed by atoms with Crippen LogP contribution in [-0.2, 0) is 37.3 Å². The van der Waals surface area contributed by atoms with Crippen molar-refractivity contribution in [1.82, 2.24) is 29.9 Å². The van der Waals surface area contributed by atoms with Gasteiger partial charge in [0.15, 0.2) is 12.1 Å². The molecular weight excluding hydrogens is 404 g/mol. The van der Waals surface area contributed by atoms with E-state index >= 15 is 0 Å². The SMILES string of the molecule is C=CCO[C@H]1O[C@H](Cn2cc(-c3cncn3C)nn2)[C@@H]2OC(C)(C)O[C@@H]2[C@H]1NC(C)=O. The zero-order valence-electron chi connectivity index (χ0n) is 18.1. The molecule has 0 saturated carbocycles. The van der Waals surface area contributed by atoms with E-state index in [9.17, 15) is 4.79 Å². The Morgan fingerprint density at radius 1 is 1.39 bits per heavy atom. The maximum Gasteiger partial charge on any atom is 0.217 e. The highest BCUT2D eigenvalue weighted by Gasteiger charge is 2.56. The van der Waals surface area contributed by atoms with Crippen LogP contribution in [0.2, 0.25) is 0 Å². The van der Waals surface area contributed by atoms with Gasteiger partial charge in [0, 0.05) is 14.0 Å². The number of aromatic nitrogens is 5. The first kappa shape index (κ1) is 21.6. The number of fused-ring (bicyclic) bond motifs is 1. The van der Waals surface area contributed by atoms with Gasteiger partial charge in [0.05, 0.1) is 37.6 Å². The summed E-state index contributed by atoms with van der Waals surface area (Å²) in [5.41, 5.74) is 1.56. The molecule has 2 saturated heterocycles. The fourth-order valence-corrected chi connectivity index (χ4v) is 4.00. The van der Waals surface area contributed by atoms with E-state index in [-0.39, 0.29) is 12.5 Å². The Morgan fingerprint density at radius 2 is 2.16 bits per heavy atom. The molecule has 0 unspecified atom stereocenters. The largest absolute Gasteiger partial charge is 0.346 e. The van der Waals surface area contributed by atoms with Gasteiger partial charge >= 0.3 is 0 Å². The van der Waals surface area contributed by atoms with Crippen LogP contribution in [0, 0.1) is 0 Å². The van der Waals surface area contributed by atoms with Gasteiger partial charge in [-0.3, -0.25) is 4.79 Å². The van der Waals surface area contributed by atoms with Crippen molar-refractivity contribution in [1.29, 1.82) is 0 Å². The molecule has 11 nitrogen and oxygen atoms in total. The number of hydrogen-bond acceptors (Lipinski definition) is 8. The van der Waals surface area contributed by atoms with E-state index in [1.165, 1.54) is 6.92 Å². The quantitative estimate of drug-likeness (QED) is 0.634. The van der Waals surface area contributed by atoms with Gasteiger partial charge in [0.1, 0.15) is 30.0 Å². The van der Waals surface area contributed by atoms with Crippen LogP contribution in [0.25, 0.3) is 11.4 Å². The molecule has 2 aliphatic heterocycles. The van der Waals surface area contributed by atoms with E-state index < -0.39 is 36.4 Å². The first-order chi connectivity index (χ1) is 14.8. The molecule has 0 aliphatic carbocycles. The molecule has 4 rings (SSSR count). The minimum atomic E-state index is -0.830. The van der Waals surface area contributed by atoms with Gasteiger partial charge in [0.2, 0.25) is 5.91 Å². The zero-order valence-corrected chi connectivity index (χ0v) is 18.1. The van der Waals surface area contributed by atoms with E-state index in [0.29, 0.717) is 12.2 Å². The second-order valence-corrected chi connectivity index (χ2v) is 8.17. The summed E-state index contributed by atoms with van der Waals surface area (Å²) in [6, 6.07) is -0.527. The number of nitrogens with zero attached hydrogens (tertiary/aromatic N) is 5. The molecule has 2 aromatic rings. The second-order valence-electron chi connectivity index (χ2n) is 8.17. The molecule has 0 spiro atoms. The van der Waals surface area contributed by atoms with Gasteiger partial charge in [-0.1, -0.05) is 11.3 Å². The molecule has 1 N–H and O–H groups in total. The van der Waals surface area contributed by atoms with Crippen molar-refractivity contribution >= 4 is 5.91 Å². The summed E-state index contributed by atoms with van der Waals surface area (Å²) in [4.78, 5) is 15.9. The lowest BCUT2D eigenvalue weighted by atomic mass is 9.96. The molecule has 1 amide bonds. The van der Waals surface area contributed by atoms with Gasteiger partial charge in [-0.05, 0) is 13.8 Å². The summed E-state index contributed by atoms with van der Waals surface area (Å²) in [6.45, 7) is 9.44. The van der Waals surface area contributed by atoms with Crippen LogP contribution in [0.1, 0.15) is 20.8 Å². The first-order valence-electron chi connectivity index (χ1n) is 10.1. The highest BCUT2D eigenvalue weighted by atomic mass is 16.8. The Balaban J connectivity index is 1.58. The van der Waals surface area contributed by atoms with Crippen molar-refractivity contribution in [3.05, 3.63) is 31.4 Å². The number of carbonyl (C=O) groups excluding carboxylic acids is 1. The molecule has 0 aromatic carbocycles. The Hall–Kier alpha value is -2.60. The van der Waals surface area contributed by atoms with Crippen molar-refractivity contribution in [2.45, 2.75) is 63.7 Å². The van der Waals surface area contributed by atoms with Crippen molar-refractivity contribution in [3.63, 3.8) is 0 Å². The van der Waals surface area contributed by atoms with Gasteiger partial charge in [0.25, 0.3) is 0 Å². The Bertz CT molecular complexity index is 940. The minimum absolute atomic E-state index is 0.205. The van der Waals surface area contributed by atoms with Crippen LogP contribution in [-0.4, -0.2) is 73.5 Å². The molecule has 0 radical (unpaired) electrons. The number of hydrogen-bond donors (Lipinski definition) is 1. The maximum atomic E-state index is 11.8. The molecule has 5 atom stereocenters. The Labute approximate surface area is 180 Å². The van der Waals surface area contributed by atoms with Crippen LogP contribution >= 0.6 is 0 Å². The Kier molecular flexibility index (Phi) is 5.93. The molecule has 2 fully saturated rings. The van der Waals surface area contributed by atoms with E-state index in [0.717, 1.165) is 5.69 Å². The molecule has 31 heavy (non-hydrogen) atoms. The number of amides is 1. The summed E-state index contributed by atoms with van der Waals surface area (Å²) in [5.74, 6) is -1.04. The number of rotatable bonds is 7. The second kappa shape index (κ2) is 8.50. The monoisotopic (exact) mass is 432 g/mol. The van der Waals surface area contributed by atoms with Crippen molar-refractivity contribution in [2.75, 3.05) is 6.61 Å². The van der Waals surface area contributed by atoms with Crippen LogP contribution in [0.5, 0.6) is 0 Å². The van der Waals surface area contributed by atoms with E-state index in [2.05, 4.69) is 27.2 Å². The average molecular weight is 432 g/mol. The van der Waals surface area contributed by atoms with E-state index in [1.807, 2.05) is 31.7 Å². The van der Waals surface area contributed by atoms with E-state index in [4.69, 9.17) is 18.9 Å². The lowest BCUT2D eigenvalue weighted by Crippen LogP contribution is -2.63. The summed E-state index contributed by atoms with van der Waals surface area (Å²) < 4.78 is 27.9. The molecule has 2 aromatic heterocycles. The highest BCUT2D eigenvalue weighted by molar-refractivity contribution is 5.73. The summed E-state index contributed by atoms with van der Waals surface area (Å²) >= 11 is 0. The number of nitrogens with one attached hydrogen (secondary N) is 1. The fourth-order valence-electron chi connectivity index (χ4n) is 4.00. The predicted molar refractivity (Wildman–Crippen MR) is 108 cm³/mol. The third kappa shape index (κ3) is 4.54. The molecular formula is C20H28N6O5. The smallest absolute Gasteiger partial charge is 0.217 e. The Morgan fingerprint density at radius 3 is 2.84 bits per heavy atom. The number of carbonyl (C=O) groups is 1. The van der Waals surface area contributed by atoms with Gasteiger partial charge < -0.3 is 28.8 Å². The van der Waals surface area contributed by atoms with E-state index in [1.54, 1.807) is 23.3 Å². The van der Waals surface area contributed by atoms with Crippen LogP contribution in [0.15, 0.2) is 31.4 Å². The maximum absolute atomic E-state index is 11.8.